The van der Waals surface area contributed by atoms with E-state index >= 15 is 0 Å². The Morgan fingerprint density at radius 2 is 0.698 bits per heavy atom. The summed E-state index contributed by atoms with van der Waals surface area (Å²) in [5, 5.41) is 102. The van der Waals surface area contributed by atoms with Crippen molar-refractivity contribution in [3.8, 4) is 0 Å². The Hall–Kier alpha value is -3.31. The van der Waals surface area contributed by atoms with E-state index < -0.39 is 162 Å². The Bertz CT molecular complexity index is 2580. The van der Waals surface area contributed by atoms with Crippen molar-refractivity contribution in [3.05, 3.63) is 36.5 Å². The van der Waals surface area contributed by atoms with Crippen molar-refractivity contribution >= 4 is 31.7 Å². The number of hydrogen-bond donors (Lipinski definition) is 10. The second-order valence-corrected chi connectivity index (χ2v) is 34.5. The van der Waals surface area contributed by atoms with Crippen LogP contribution in [-0.4, -0.2) is 205 Å². The molecule has 2 aliphatic heterocycles. The highest BCUT2D eigenvalue weighted by Crippen LogP contribution is 2.49. The quantitative estimate of drug-likeness (QED) is 0.00889. The lowest BCUT2D eigenvalue weighted by Gasteiger charge is -2.50. The van der Waals surface area contributed by atoms with E-state index in [2.05, 4.69) is 71.1 Å². The maximum atomic E-state index is 14.9. The number of aliphatic hydroxyl groups excluding tert-OH is 9. The molecule has 10 N–H and O–H groups in total. The van der Waals surface area contributed by atoms with Gasteiger partial charge in [0.25, 0.3) is 0 Å². The molecule has 0 aromatic carbocycles. The number of aliphatic hydroxyl groups is 9. The van der Waals surface area contributed by atoms with Gasteiger partial charge in [-0.2, -0.15) is 0 Å². The topological polar surface area (TPSA) is 380 Å². The van der Waals surface area contributed by atoms with E-state index in [1.807, 2.05) is 0 Å². The van der Waals surface area contributed by atoms with Crippen LogP contribution in [0.1, 0.15) is 375 Å². The van der Waals surface area contributed by atoms with E-state index in [4.69, 9.17) is 46.9 Å². The summed E-state index contributed by atoms with van der Waals surface area (Å²) in [7, 11) is -5.82. The summed E-state index contributed by atoms with van der Waals surface area (Å²) in [6.45, 7) is 7.84. The molecule has 0 bridgehead atoms. The number of carbonyl (C=O) groups excluding carboxylic acids is 4. The van der Waals surface area contributed by atoms with Crippen LogP contribution in [0.5, 0.6) is 0 Å². The van der Waals surface area contributed by atoms with E-state index in [1.54, 1.807) is 0 Å². The van der Waals surface area contributed by atoms with E-state index in [0.717, 1.165) is 135 Å². The number of unbranched alkanes of at least 4 members (excludes halogenated alkanes) is 39. The fourth-order valence-electron chi connectivity index (χ4n) is 15.0. The van der Waals surface area contributed by atoms with Crippen molar-refractivity contribution in [2.24, 2.45) is 5.92 Å². The molecule has 19 unspecified atom stereocenters. The van der Waals surface area contributed by atoms with Gasteiger partial charge in [-0.3, -0.25) is 28.2 Å². The Morgan fingerprint density at radius 3 is 1.13 bits per heavy atom. The number of rotatable bonds is 73. The minimum atomic E-state index is -5.82. The molecule has 3 rings (SSSR count). The monoisotopic (exact) mass is 1680 g/mol. The van der Waals surface area contributed by atoms with Gasteiger partial charge in [0.05, 0.1) is 13.2 Å². The number of carbonyl (C=O) groups is 4. The first-order valence-electron chi connectivity index (χ1n) is 46.1. The van der Waals surface area contributed by atoms with Gasteiger partial charge in [-0.25, -0.2) is 4.57 Å². The van der Waals surface area contributed by atoms with E-state index in [-0.39, 0.29) is 32.1 Å². The predicted octanol–water partition coefficient (Wildman–Crippen LogP) is 16.6. The van der Waals surface area contributed by atoms with Gasteiger partial charge in [-0.05, 0) is 109 Å². The van der Waals surface area contributed by atoms with E-state index in [1.165, 1.54) is 135 Å². The zero-order valence-electron chi connectivity index (χ0n) is 72.2. The van der Waals surface area contributed by atoms with Crippen molar-refractivity contribution in [1.29, 1.82) is 0 Å². The largest absolute Gasteiger partial charge is 0.472 e. The molecule has 3 aliphatic rings. The van der Waals surface area contributed by atoms with Gasteiger partial charge >= 0.3 is 31.7 Å². The molecule has 2 heterocycles. The molecule has 0 aromatic rings. The lowest BCUT2D eigenvalue weighted by Crippen LogP contribution is -2.70. The summed E-state index contributed by atoms with van der Waals surface area (Å²) >= 11 is 0. The number of phosphoric ester groups is 1. The Labute approximate surface area is 697 Å². The molecule has 0 amide bonds. The number of esters is 4. The first kappa shape index (κ1) is 107. The van der Waals surface area contributed by atoms with Crippen LogP contribution in [0, 0.1) is 5.92 Å². The van der Waals surface area contributed by atoms with Crippen molar-refractivity contribution in [3.63, 3.8) is 0 Å². The SMILES string of the molecule is CCCCCC/C=C\CCCCCCCCCC(=O)OCC(COP(=O)(O)OC1C(OC2OC(CO)C(O)C(O)C2O)C(O)C(O)C(OC(=O)CCCCC/C=C\CCCCCCCC)C1OC1OC(COC(=O)CCCCCCCCC(C)CCCCCCCC)C(O)C(O)C1O)OC(=O)CCCCC/C=C\CCCCCCCC. The highest BCUT2D eigenvalue weighted by atomic mass is 31.2. The Morgan fingerprint density at radius 1 is 0.362 bits per heavy atom. The third-order valence-electron chi connectivity index (χ3n) is 22.5. The summed E-state index contributed by atoms with van der Waals surface area (Å²) < 4.78 is 73.3. The summed E-state index contributed by atoms with van der Waals surface area (Å²) in [5.41, 5.74) is 0. The maximum Gasteiger partial charge on any atom is 0.472 e. The molecule has 0 radical (unpaired) electrons. The standard InChI is InChI=1S/C90H163O25P/c1-6-10-14-18-22-25-28-31-32-35-36-39-42-49-55-61-73(92)106-66-70(109-75(94)63-57-51-43-40-37-33-29-26-23-19-15-11-7-2)67-108-116(104,105)115-88-86(113-89-83(102)79(98)77(96)71(65-91)110-89)82(101)81(100)85(112-76(95)64-58-52-44-41-38-34-30-27-24-20-16-12-8-3)87(88)114-90-84(103)80(99)78(97)72(111-90)68-107-74(93)62-56-50-46-45-48-54-60-69(5)59-53-47-21-17-13-9-4/h25,28,33-34,37-38,69-72,77-91,96-103H,6-24,26-27,29-32,35-36,39-68H2,1-5H3,(H,104,105)/b28-25-,37-33-,38-34-. The minimum absolute atomic E-state index is 0.0113. The molecule has 26 heteroatoms. The molecular formula is C90H163O25P. The predicted molar refractivity (Wildman–Crippen MR) is 449 cm³/mol. The van der Waals surface area contributed by atoms with Crippen LogP contribution in [-0.2, 0) is 70.7 Å². The fraction of sp³-hybridized carbons (Fsp3) is 0.889. The molecule has 678 valence electrons. The molecule has 0 spiro atoms. The molecule has 0 aromatic heterocycles. The van der Waals surface area contributed by atoms with Gasteiger partial charge in [0.1, 0.15) is 92.6 Å². The molecular weight excluding hydrogens is 1510 g/mol. The average Bonchev–Trinajstić information content (AvgIpc) is 0.754. The summed E-state index contributed by atoms with van der Waals surface area (Å²) in [4.78, 5) is 66.4. The van der Waals surface area contributed by atoms with Crippen molar-refractivity contribution in [2.75, 3.05) is 26.4 Å². The van der Waals surface area contributed by atoms with Gasteiger partial charge in [-0.15, -0.1) is 0 Å². The Kier molecular flexibility index (Phi) is 62.8. The molecule has 3 fully saturated rings. The van der Waals surface area contributed by atoms with Gasteiger partial charge in [-0.1, -0.05) is 283 Å². The molecule has 1 aliphatic carbocycles. The van der Waals surface area contributed by atoms with Crippen molar-refractivity contribution < 1.29 is 122 Å². The van der Waals surface area contributed by atoms with Gasteiger partial charge < -0.3 is 88.7 Å². The summed E-state index contributed by atoms with van der Waals surface area (Å²) in [5.74, 6) is -2.33. The molecule has 116 heavy (non-hydrogen) atoms. The van der Waals surface area contributed by atoms with Crippen LogP contribution >= 0.6 is 7.82 Å². The van der Waals surface area contributed by atoms with Crippen LogP contribution < -0.4 is 0 Å². The highest BCUT2D eigenvalue weighted by Gasteiger charge is 2.60. The summed E-state index contributed by atoms with van der Waals surface area (Å²) in [6.07, 6.45) is 27.4. The van der Waals surface area contributed by atoms with Gasteiger partial charge in [0.15, 0.2) is 24.8 Å². The normalized spacial score (nSPS) is 25.6. The first-order valence-corrected chi connectivity index (χ1v) is 47.6. The molecule has 25 nitrogen and oxygen atoms in total. The lowest BCUT2D eigenvalue weighted by atomic mass is 9.84. The average molecular weight is 1680 g/mol. The number of hydrogen-bond acceptors (Lipinski definition) is 24. The third-order valence-corrected chi connectivity index (χ3v) is 23.5. The molecule has 2 saturated heterocycles. The van der Waals surface area contributed by atoms with E-state index in [9.17, 15) is 74.6 Å². The Balaban J connectivity index is 1.93. The zero-order chi connectivity index (χ0) is 84.8. The van der Waals surface area contributed by atoms with E-state index in [0.29, 0.717) is 44.4 Å². The second-order valence-electron chi connectivity index (χ2n) is 33.1. The van der Waals surface area contributed by atoms with Crippen molar-refractivity contribution in [2.45, 2.75) is 479 Å². The second kappa shape index (κ2) is 68.2. The third kappa shape index (κ3) is 48.5. The smallest absolute Gasteiger partial charge is 0.463 e. The maximum absolute atomic E-state index is 14.9. The van der Waals surface area contributed by atoms with Crippen molar-refractivity contribution in [1.82, 2.24) is 0 Å². The van der Waals surface area contributed by atoms with Crippen LogP contribution in [0.25, 0.3) is 0 Å². The number of ether oxygens (including phenoxy) is 8. The fourth-order valence-corrected chi connectivity index (χ4v) is 16.0. The molecule has 19 atom stereocenters. The van der Waals surface area contributed by atoms with Gasteiger partial charge in [0, 0.05) is 25.7 Å². The number of allylic oxidation sites excluding steroid dienone is 6. The highest BCUT2D eigenvalue weighted by molar-refractivity contribution is 7.47. The zero-order valence-corrected chi connectivity index (χ0v) is 73.1. The lowest BCUT2D eigenvalue weighted by molar-refractivity contribution is -0.360. The van der Waals surface area contributed by atoms with Crippen LogP contribution in [0.15, 0.2) is 36.5 Å². The van der Waals surface area contributed by atoms with Gasteiger partial charge in [0.2, 0.25) is 0 Å². The summed E-state index contributed by atoms with van der Waals surface area (Å²) in [6, 6.07) is 0. The first-order chi connectivity index (χ1) is 56.1. The molecule has 1 saturated carbocycles. The minimum Gasteiger partial charge on any atom is -0.463 e. The van der Waals surface area contributed by atoms with Crippen LogP contribution in [0.2, 0.25) is 0 Å². The van der Waals surface area contributed by atoms with Crippen LogP contribution in [0.3, 0.4) is 0 Å². The van der Waals surface area contributed by atoms with Crippen LogP contribution in [0.4, 0.5) is 0 Å². The number of phosphoric acid groups is 1.